The lowest BCUT2D eigenvalue weighted by Gasteiger charge is -1.98. The van der Waals surface area contributed by atoms with E-state index < -0.39 is 11.1 Å². The molecule has 0 aliphatic carbocycles. The van der Waals surface area contributed by atoms with Gasteiger partial charge in [0, 0.05) is 5.75 Å². The van der Waals surface area contributed by atoms with Crippen LogP contribution in [0.4, 0.5) is 0 Å². The van der Waals surface area contributed by atoms with E-state index in [2.05, 4.69) is 6.92 Å². The van der Waals surface area contributed by atoms with E-state index >= 15 is 0 Å². The summed E-state index contributed by atoms with van der Waals surface area (Å²) < 4.78 is 19.5. The van der Waals surface area contributed by atoms with E-state index in [1.54, 1.807) is 0 Å². The van der Waals surface area contributed by atoms with Gasteiger partial charge in [0.05, 0.1) is 13.3 Å². The summed E-state index contributed by atoms with van der Waals surface area (Å²) in [5, 5.41) is 0. The first kappa shape index (κ1) is 6.98. The lowest BCUT2D eigenvalue weighted by Crippen LogP contribution is -1.92. The number of unbranched alkanes of at least 4 members (excludes halogenated alkanes) is 1. The van der Waals surface area contributed by atoms with E-state index in [1.165, 1.54) is 0 Å². The van der Waals surface area contributed by atoms with Crippen LogP contribution in [-0.4, -0.2) is 14.5 Å². The van der Waals surface area contributed by atoms with Crippen molar-refractivity contribution in [2.75, 3.05) is 5.75 Å². The molecule has 0 aliphatic rings. The van der Waals surface area contributed by atoms with Gasteiger partial charge in [0.15, 0.2) is 0 Å². The van der Waals surface area contributed by atoms with Crippen molar-refractivity contribution in [1.82, 2.24) is 0 Å². The zero-order valence-electron chi connectivity index (χ0n) is 4.05. The molecule has 1 atom stereocenters. The average molecular weight is 120 g/mol. The zero-order chi connectivity index (χ0) is 5.70. The standard InChI is InChI=1S/C4H8O2S/c1-2-3-4-7(5)6/h1-4H2. The maximum atomic E-state index is 9.73. The van der Waals surface area contributed by atoms with Crippen molar-refractivity contribution in [2.45, 2.75) is 12.8 Å². The molecule has 0 saturated heterocycles. The van der Waals surface area contributed by atoms with Gasteiger partial charge in [0.1, 0.15) is 0 Å². The molecule has 3 heteroatoms. The van der Waals surface area contributed by atoms with Crippen molar-refractivity contribution >= 4 is 11.1 Å². The summed E-state index contributed by atoms with van der Waals surface area (Å²) in [5.74, 6) is 0.253. The first-order valence-electron chi connectivity index (χ1n) is 2.12. The highest BCUT2D eigenvalue weighted by atomic mass is 32.2. The minimum absolute atomic E-state index is 0.253. The molecule has 7 heavy (non-hydrogen) atoms. The molecule has 0 amide bonds. The summed E-state index contributed by atoms with van der Waals surface area (Å²) in [5.41, 5.74) is 0. The molecule has 0 aromatic heterocycles. The molecule has 0 N–H and O–H groups in total. The van der Waals surface area contributed by atoms with Gasteiger partial charge in [-0.25, -0.2) is 0 Å². The first-order valence-corrected chi connectivity index (χ1v) is 3.37. The minimum atomic E-state index is -1.86. The minimum Gasteiger partial charge on any atom is -0.772 e. The third kappa shape index (κ3) is 5.98. The van der Waals surface area contributed by atoms with Crippen LogP contribution < -0.4 is 0 Å². The van der Waals surface area contributed by atoms with Gasteiger partial charge in [-0.2, -0.15) is 0 Å². The van der Waals surface area contributed by atoms with Crippen LogP contribution >= 0.6 is 0 Å². The molecular weight excluding hydrogens is 112 g/mol. The van der Waals surface area contributed by atoms with Crippen LogP contribution in [0.5, 0.6) is 0 Å². The Bertz CT molecular complexity index is 62.7. The predicted molar refractivity (Wildman–Crippen MR) is 28.4 cm³/mol. The Morgan fingerprint density at radius 3 is 2.43 bits per heavy atom. The molecule has 0 aromatic rings. The van der Waals surface area contributed by atoms with E-state index in [4.69, 9.17) is 0 Å². The molecule has 0 spiro atoms. The van der Waals surface area contributed by atoms with E-state index in [-0.39, 0.29) is 5.75 Å². The number of hydrogen-bond acceptors (Lipinski definition) is 2. The van der Waals surface area contributed by atoms with Crippen LogP contribution in [0.2, 0.25) is 0 Å². The zero-order valence-corrected chi connectivity index (χ0v) is 4.87. The van der Waals surface area contributed by atoms with Crippen LogP contribution in [-0.2, 0) is 11.1 Å². The van der Waals surface area contributed by atoms with Crippen LogP contribution in [0.3, 0.4) is 0 Å². The SMILES string of the molecule is [CH2+]CCCS(=O)[O-]. The Morgan fingerprint density at radius 1 is 1.71 bits per heavy atom. The molecule has 0 aromatic carbocycles. The lowest BCUT2D eigenvalue weighted by molar-refractivity contribution is 0.535. The van der Waals surface area contributed by atoms with Crippen molar-refractivity contribution in [3.63, 3.8) is 0 Å². The molecule has 0 saturated carbocycles. The Kier molecular flexibility index (Phi) is 4.14. The summed E-state index contributed by atoms with van der Waals surface area (Å²) in [6.07, 6.45) is 1.38. The lowest BCUT2D eigenvalue weighted by atomic mass is 10.4. The molecule has 42 valence electrons. The Balaban J connectivity index is 2.82. The van der Waals surface area contributed by atoms with E-state index in [9.17, 15) is 8.76 Å². The summed E-state index contributed by atoms with van der Waals surface area (Å²) in [7, 11) is 0. The third-order valence-corrected chi connectivity index (χ3v) is 1.18. The summed E-state index contributed by atoms with van der Waals surface area (Å²) in [6.45, 7) is 3.48. The van der Waals surface area contributed by atoms with Crippen molar-refractivity contribution < 1.29 is 8.76 Å². The van der Waals surface area contributed by atoms with Crippen LogP contribution in [0.15, 0.2) is 0 Å². The highest BCUT2D eigenvalue weighted by molar-refractivity contribution is 7.79. The third-order valence-electron chi connectivity index (χ3n) is 0.561. The average Bonchev–Trinajstić information content (AvgIpc) is 1.61. The molecule has 0 bridgehead atoms. The Morgan fingerprint density at radius 2 is 2.29 bits per heavy atom. The maximum Gasteiger partial charge on any atom is 0.0859 e. The van der Waals surface area contributed by atoms with Gasteiger partial charge in [0.25, 0.3) is 0 Å². The summed E-state index contributed by atoms with van der Waals surface area (Å²) in [4.78, 5) is 0. The fourth-order valence-corrected chi connectivity index (χ4v) is 0.660. The molecule has 0 heterocycles. The topological polar surface area (TPSA) is 40.1 Å². The van der Waals surface area contributed by atoms with Crippen molar-refractivity contribution in [3.05, 3.63) is 6.92 Å². The highest BCUT2D eigenvalue weighted by Crippen LogP contribution is 1.86. The van der Waals surface area contributed by atoms with Gasteiger partial charge in [-0.15, -0.1) is 0 Å². The second-order valence-corrected chi connectivity index (χ2v) is 2.23. The molecule has 0 rings (SSSR count). The van der Waals surface area contributed by atoms with Crippen LogP contribution in [0.1, 0.15) is 12.8 Å². The monoisotopic (exact) mass is 120 g/mol. The molecule has 0 fully saturated rings. The van der Waals surface area contributed by atoms with Gasteiger partial charge in [0.2, 0.25) is 0 Å². The van der Waals surface area contributed by atoms with Crippen molar-refractivity contribution in [1.29, 1.82) is 0 Å². The van der Waals surface area contributed by atoms with Gasteiger partial charge >= 0.3 is 0 Å². The quantitative estimate of drug-likeness (QED) is 0.401. The van der Waals surface area contributed by atoms with Gasteiger partial charge in [-0.05, 0) is 6.42 Å². The molecule has 1 unspecified atom stereocenters. The molecule has 0 radical (unpaired) electrons. The fraction of sp³-hybridized carbons (Fsp3) is 0.750. The Hall–Kier alpha value is -0.0200. The number of rotatable bonds is 3. The highest BCUT2D eigenvalue weighted by Gasteiger charge is 1.83. The van der Waals surface area contributed by atoms with E-state index in [0.717, 1.165) is 0 Å². The van der Waals surface area contributed by atoms with E-state index in [0.29, 0.717) is 12.8 Å². The largest absolute Gasteiger partial charge is 0.772 e. The molecular formula is C4H8O2S. The smallest absolute Gasteiger partial charge is 0.0859 e. The summed E-state index contributed by atoms with van der Waals surface area (Å²) in [6, 6.07) is 0. The van der Waals surface area contributed by atoms with E-state index in [1.807, 2.05) is 0 Å². The second kappa shape index (κ2) is 4.15. The molecule has 2 nitrogen and oxygen atoms in total. The van der Waals surface area contributed by atoms with Gasteiger partial charge in [-0.1, -0.05) is 11.1 Å². The fourth-order valence-electron chi connectivity index (χ4n) is 0.220. The Labute approximate surface area is 46.2 Å². The van der Waals surface area contributed by atoms with Crippen molar-refractivity contribution in [2.24, 2.45) is 0 Å². The first-order chi connectivity index (χ1) is 3.27. The molecule has 0 aliphatic heterocycles. The van der Waals surface area contributed by atoms with Crippen molar-refractivity contribution in [3.8, 4) is 0 Å². The normalized spacial score (nSPS) is 13.9. The predicted octanol–water partition coefficient (Wildman–Crippen LogP) is 0.480. The van der Waals surface area contributed by atoms with Crippen LogP contribution in [0, 0.1) is 6.92 Å². The maximum absolute atomic E-state index is 9.73. The van der Waals surface area contributed by atoms with Crippen LogP contribution in [0.25, 0.3) is 0 Å². The van der Waals surface area contributed by atoms with Gasteiger partial charge in [-0.3, -0.25) is 4.21 Å². The van der Waals surface area contributed by atoms with Gasteiger partial charge < -0.3 is 4.55 Å². The summed E-state index contributed by atoms with van der Waals surface area (Å²) >= 11 is -1.86. The number of hydrogen-bond donors (Lipinski definition) is 0. The second-order valence-electron chi connectivity index (χ2n) is 1.21.